The zero-order chi connectivity index (χ0) is 33.7. The zero-order valence-electron chi connectivity index (χ0n) is 27.1. The van der Waals surface area contributed by atoms with Crippen LogP contribution in [0.15, 0.2) is 64.8 Å². The van der Waals surface area contributed by atoms with Crippen molar-refractivity contribution in [2.45, 2.75) is 78.1 Å². The third-order valence-corrected chi connectivity index (χ3v) is 9.31. The van der Waals surface area contributed by atoms with E-state index < -0.39 is 47.9 Å². The lowest BCUT2D eigenvalue weighted by Crippen LogP contribution is -2.55. The number of esters is 1. The molecule has 0 bridgehead atoms. The molecule has 0 radical (unpaired) electrons. The lowest BCUT2D eigenvalue weighted by molar-refractivity contribution is -0.150. The number of phenolic OH excluding ortho intramolecular Hbond substituents is 1. The van der Waals surface area contributed by atoms with E-state index >= 15 is 0 Å². The summed E-state index contributed by atoms with van der Waals surface area (Å²) in [7, 11) is 1.54. The summed E-state index contributed by atoms with van der Waals surface area (Å²) < 4.78 is 6.21. The molecule has 6 atom stereocenters. The molecule has 10 nitrogen and oxygen atoms in total. The summed E-state index contributed by atoms with van der Waals surface area (Å²) in [5, 5.41) is 16.9. The number of para-hydroxylation sites is 1. The number of aromatic hydroxyl groups is 1. The summed E-state index contributed by atoms with van der Waals surface area (Å²) in [6.45, 7) is 9.09. The normalized spacial score (nSPS) is 26.1. The lowest BCUT2D eigenvalue weighted by atomic mass is 9.96. The number of hydrogen-bond donors (Lipinski definition) is 4. The number of benzene rings is 2. The van der Waals surface area contributed by atoms with Crippen LogP contribution in [-0.4, -0.2) is 63.9 Å². The highest BCUT2D eigenvalue weighted by Gasteiger charge is 2.34. The molecule has 4 rings (SSSR count). The number of likely N-dealkylation sites (N-methyl/N-ethyl adjacent to an activating group) is 1. The smallest absolute Gasteiger partial charge is 0.308 e. The van der Waals surface area contributed by atoms with Crippen LogP contribution in [0.25, 0.3) is 10.9 Å². The van der Waals surface area contributed by atoms with Crippen molar-refractivity contribution in [3.63, 3.8) is 0 Å². The summed E-state index contributed by atoms with van der Waals surface area (Å²) in [5.41, 5.74) is 3.25. The molecule has 2 heterocycles. The Morgan fingerprint density at radius 2 is 1.70 bits per heavy atom. The number of aromatic nitrogens is 1. The van der Waals surface area contributed by atoms with Crippen LogP contribution < -0.4 is 10.6 Å². The molecule has 246 valence electrons. The Morgan fingerprint density at radius 3 is 2.41 bits per heavy atom. The third kappa shape index (κ3) is 8.37. The fourth-order valence-corrected chi connectivity index (χ4v) is 6.20. The standard InChI is InChI=1S/C35H43BrN4O6/c1-19-13-20(2)23(5)46-32(42)17-29(24-11-12-31(41)27(36)15-24)39-34(44)30(16-25-18-37-28-10-8-7-9-26(25)28)40(6)35(45)22(4)38-33(43)21(3)14-19/h7-13,15,18,20-23,29-30,37,41H,14,16-17H2,1-6H3,(H,38,43)(H,39,44). The first-order valence-corrected chi connectivity index (χ1v) is 16.3. The number of nitrogens with one attached hydrogen (secondary N) is 3. The average Bonchev–Trinajstić information content (AvgIpc) is 3.42. The van der Waals surface area contributed by atoms with E-state index in [2.05, 4.69) is 31.5 Å². The number of carbonyl (C=O) groups excluding carboxylic acids is 4. The van der Waals surface area contributed by atoms with Crippen molar-refractivity contribution in [2.75, 3.05) is 7.05 Å². The van der Waals surface area contributed by atoms with Crippen LogP contribution in [0.1, 0.15) is 64.6 Å². The molecule has 0 saturated heterocycles. The van der Waals surface area contributed by atoms with Crippen molar-refractivity contribution >= 4 is 50.5 Å². The molecular formula is C35H43BrN4O6. The Bertz CT molecular complexity index is 1630. The van der Waals surface area contributed by atoms with Gasteiger partial charge in [-0.1, -0.05) is 49.8 Å². The van der Waals surface area contributed by atoms with Gasteiger partial charge in [-0.05, 0) is 72.4 Å². The van der Waals surface area contributed by atoms with Crippen molar-refractivity contribution in [2.24, 2.45) is 11.8 Å². The fourth-order valence-electron chi connectivity index (χ4n) is 5.81. The number of nitrogens with zero attached hydrogens (tertiary/aromatic N) is 1. The van der Waals surface area contributed by atoms with Crippen LogP contribution in [0.4, 0.5) is 0 Å². The van der Waals surface area contributed by atoms with E-state index in [0.717, 1.165) is 22.0 Å². The first-order chi connectivity index (χ1) is 21.7. The number of aromatic amines is 1. The molecule has 1 aromatic heterocycles. The quantitative estimate of drug-likeness (QED) is 0.216. The summed E-state index contributed by atoms with van der Waals surface area (Å²) in [6, 6.07) is 9.71. The second-order valence-corrected chi connectivity index (χ2v) is 13.3. The third-order valence-electron chi connectivity index (χ3n) is 8.68. The predicted molar refractivity (Wildman–Crippen MR) is 180 cm³/mol. The van der Waals surface area contributed by atoms with Crippen LogP contribution in [-0.2, 0) is 30.3 Å². The molecule has 0 aliphatic carbocycles. The Labute approximate surface area is 278 Å². The van der Waals surface area contributed by atoms with Crippen LogP contribution in [0.5, 0.6) is 5.75 Å². The van der Waals surface area contributed by atoms with Crippen LogP contribution in [0.3, 0.4) is 0 Å². The topological polar surface area (TPSA) is 141 Å². The van der Waals surface area contributed by atoms with E-state index in [1.807, 2.05) is 57.3 Å². The minimum atomic E-state index is -0.995. The van der Waals surface area contributed by atoms with Gasteiger partial charge in [-0.15, -0.1) is 0 Å². The van der Waals surface area contributed by atoms with Gasteiger partial charge in [0.2, 0.25) is 17.7 Å². The summed E-state index contributed by atoms with van der Waals surface area (Å²) >= 11 is 3.33. The summed E-state index contributed by atoms with van der Waals surface area (Å²) in [6.07, 6.45) is 3.80. The molecule has 1 aliphatic heterocycles. The highest BCUT2D eigenvalue weighted by atomic mass is 79.9. The predicted octanol–water partition coefficient (Wildman–Crippen LogP) is 5.31. The highest BCUT2D eigenvalue weighted by Crippen LogP contribution is 2.30. The Kier molecular flexibility index (Phi) is 11.3. The molecule has 0 spiro atoms. The Balaban J connectivity index is 1.75. The summed E-state index contributed by atoms with van der Waals surface area (Å²) in [4.78, 5) is 59.0. The van der Waals surface area contributed by atoms with Crippen molar-refractivity contribution in [3.05, 3.63) is 75.9 Å². The van der Waals surface area contributed by atoms with E-state index in [1.165, 1.54) is 11.0 Å². The van der Waals surface area contributed by atoms with Crippen molar-refractivity contribution < 1.29 is 29.0 Å². The van der Waals surface area contributed by atoms with Gasteiger partial charge in [0.15, 0.2) is 0 Å². The number of allylic oxidation sites excluding steroid dienone is 1. The number of ether oxygens (including phenoxy) is 1. The molecule has 11 heteroatoms. The van der Waals surface area contributed by atoms with Gasteiger partial charge in [-0.2, -0.15) is 0 Å². The average molecular weight is 696 g/mol. The number of fused-ring (bicyclic) bond motifs is 1. The fraction of sp³-hybridized carbons (Fsp3) is 0.429. The number of hydrogen-bond acceptors (Lipinski definition) is 6. The maximum absolute atomic E-state index is 14.2. The number of rotatable bonds is 3. The van der Waals surface area contributed by atoms with Gasteiger partial charge in [0.25, 0.3) is 0 Å². The minimum Gasteiger partial charge on any atom is -0.507 e. The molecule has 0 fully saturated rings. The number of H-pyrrole nitrogens is 1. The number of carbonyl (C=O) groups is 4. The van der Waals surface area contributed by atoms with Gasteiger partial charge in [-0.3, -0.25) is 19.2 Å². The molecule has 4 N–H and O–H groups in total. The highest BCUT2D eigenvalue weighted by molar-refractivity contribution is 9.10. The summed E-state index contributed by atoms with van der Waals surface area (Å²) in [5.74, 6) is -2.24. The van der Waals surface area contributed by atoms with Gasteiger partial charge in [0, 0.05) is 42.4 Å². The van der Waals surface area contributed by atoms with Gasteiger partial charge < -0.3 is 30.4 Å². The Morgan fingerprint density at radius 1 is 0.978 bits per heavy atom. The van der Waals surface area contributed by atoms with Crippen molar-refractivity contribution in [1.29, 1.82) is 0 Å². The van der Waals surface area contributed by atoms with E-state index in [9.17, 15) is 24.3 Å². The first-order valence-electron chi connectivity index (χ1n) is 15.5. The van der Waals surface area contributed by atoms with Crippen molar-refractivity contribution in [3.8, 4) is 5.75 Å². The van der Waals surface area contributed by atoms with Crippen LogP contribution in [0, 0.1) is 11.8 Å². The van der Waals surface area contributed by atoms with Crippen LogP contribution >= 0.6 is 15.9 Å². The minimum absolute atomic E-state index is 0.00958. The molecule has 3 aromatic rings. The van der Waals surface area contributed by atoms with Gasteiger partial charge in [0.1, 0.15) is 23.9 Å². The lowest BCUT2D eigenvalue weighted by Gasteiger charge is -2.32. The molecular weight excluding hydrogens is 652 g/mol. The number of cyclic esters (lactones) is 1. The SMILES string of the molecule is CC1=CC(C)C(C)OC(=O)CC(c2ccc(O)c(Br)c2)NC(=O)C(Cc2c[nH]c3ccccc23)N(C)C(=O)C(C)NC(=O)C(C)C1. The zero-order valence-corrected chi connectivity index (χ0v) is 28.7. The Hall–Kier alpha value is -4.12. The number of phenols is 1. The van der Waals surface area contributed by atoms with Gasteiger partial charge in [0.05, 0.1) is 16.9 Å². The molecule has 2 aromatic carbocycles. The number of halogens is 1. The monoisotopic (exact) mass is 694 g/mol. The van der Waals surface area contributed by atoms with E-state index in [0.29, 0.717) is 16.5 Å². The van der Waals surface area contributed by atoms with Crippen molar-refractivity contribution in [1.82, 2.24) is 20.5 Å². The van der Waals surface area contributed by atoms with Gasteiger partial charge in [-0.25, -0.2) is 0 Å². The van der Waals surface area contributed by atoms with E-state index in [4.69, 9.17) is 4.74 Å². The number of amides is 3. The largest absolute Gasteiger partial charge is 0.507 e. The molecule has 3 amide bonds. The van der Waals surface area contributed by atoms with E-state index in [1.54, 1.807) is 33.0 Å². The van der Waals surface area contributed by atoms with Crippen LogP contribution in [0.2, 0.25) is 0 Å². The molecule has 46 heavy (non-hydrogen) atoms. The van der Waals surface area contributed by atoms with Gasteiger partial charge >= 0.3 is 5.97 Å². The second kappa shape index (κ2) is 15.0. The maximum atomic E-state index is 14.2. The van der Waals surface area contributed by atoms with E-state index in [-0.39, 0.29) is 30.4 Å². The molecule has 0 saturated carbocycles. The second-order valence-electron chi connectivity index (χ2n) is 12.4. The molecule has 1 aliphatic rings. The first kappa shape index (κ1) is 34.7. The molecule has 6 unspecified atom stereocenters. The maximum Gasteiger partial charge on any atom is 0.308 e.